The van der Waals surface area contributed by atoms with Crippen LogP contribution in [0.2, 0.25) is 0 Å². The monoisotopic (exact) mass is 335 g/mol. The highest BCUT2D eigenvalue weighted by molar-refractivity contribution is 5.89. The lowest BCUT2D eigenvalue weighted by Gasteiger charge is -2.34. The van der Waals surface area contributed by atoms with Gasteiger partial charge >= 0.3 is 5.97 Å². The Kier molecular flexibility index (Phi) is 5.38. The van der Waals surface area contributed by atoms with Crippen molar-refractivity contribution in [2.75, 3.05) is 18.5 Å². The second-order valence-corrected chi connectivity index (χ2v) is 6.10. The van der Waals surface area contributed by atoms with Gasteiger partial charge in [0.1, 0.15) is 11.2 Å². The van der Waals surface area contributed by atoms with E-state index in [9.17, 15) is 24.8 Å². The van der Waals surface area contributed by atoms with E-state index in [0.29, 0.717) is 18.5 Å². The van der Waals surface area contributed by atoms with E-state index in [2.05, 4.69) is 5.32 Å². The van der Waals surface area contributed by atoms with Crippen LogP contribution in [0.25, 0.3) is 0 Å². The number of amides is 1. The largest absolute Gasteiger partial charge is 0.480 e. The van der Waals surface area contributed by atoms with Gasteiger partial charge in [-0.05, 0) is 18.9 Å². The Bertz CT molecular complexity index is 640. The molecule has 0 spiro atoms. The molecule has 1 fully saturated rings. The van der Waals surface area contributed by atoms with E-state index in [1.165, 1.54) is 11.0 Å². The summed E-state index contributed by atoms with van der Waals surface area (Å²) in [5.74, 6) is -1.48. The van der Waals surface area contributed by atoms with E-state index < -0.39 is 22.3 Å². The Labute approximate surface area is 139 Å². The number of nitro groups is 1. The number of para-hydroxylation sites is 2. The average Bonchev–Trinajstić information content (AvgIpc) is 2.55. The molecule has 0 aromatic heterocycles. The molecule has 0 bridgehead atoms. The van der Waals surface area contributed by atoms with E-state index in [4.69, 9.17) is 0 Å². The number of nitrogens with one attached hydrogen (secondary N) is 1. The highest BCUT2D eigenvalue weighted by atomic mass is 16.6. The van der Waals surface area contributed by atoms with Gasteiger partial charge in [0.05, 0.1) is 11.5 Å². The number of carbonyl (C=O) groups is 2. The van der Waals surface area contributed by atoms with E-state index >= 15 is 0 Å². The first-order chi connectivity index (χ1) is 11.4. The standard InChI is InChI=1S/C16H21N3O5/c1-18(12-7-3-4-8-13(12)19(23)24)11-14(20)17-16(15(21)22)9-5-2-6-10-16/h3-4,7-8H,2,5-6,9-11H2,1H3,(H,17,20)(H,21,22). The number of benzene rings is 1. The van der Waals surface area contributed by atoms with E-state index in [1.807, 2.05) is 0 Å². The number of aliphatic carboxylic acids is 1. The van der Waals surface area contributed by atoms with Gasteiger partial charge in [-0.2, -0.15) is 0 Å². The van der Waals surface area contributed by atoms with Crippen molar-refractivity contribution in [3.05, 3.63) is 34.4 Å². The predicted molar refractivity (Wildman–Crippen MR) is 88.0 cm³/mol. The van der Waals surface area contributed by atoms with Gasteiger partial charge in [-0.25, -0.2) is 4.79 Å². The maximum absolute atomic E-state index is 12.3. The predicted octanol–water partition coefficient (Wildman–Crippen LogP) is 1.93. The number of rotatable bonds is 6. The molecule has 0 atom stereocenters. The molecule has 8 nitrogen and oxygen atoms in total. The Morgan fingerprint density at radius 1 is 1.29 bits per heavy atom. The van der Waals surface area contributed by atoms with Crippen molar-refractivity contribution in [1.82, 2.24) is 5.32 Å². The second kappa shape index (κ2) is 7.29. The van der Waals surface area contributed by atoms with Gasteiger partial charge in [0.15, 0.2) is 0 Å². The van der Waals surface area contributed by atoms with Crippen LogP contribution >= 0.6 is 0 Å². The Morgan fingerprint density at radius 2 is 1.92 bits per heavy atom. The third-order valence-electron chi connectivity index (χ3n) is 4.37. The second-order valence-electron chi connectivity index (χ2n) is 6.10. The summed E-state index contributed by atoms with van der Waals surface area (Å²) in [6, 6.07) is 6.12. The zero-order chi connectivity index (χ0) is 17.7. The van der Waals surface area contributed by atoms with E-state index in [-0.39, 0.29) is 12.2 Å². The van der Waals surface area contributed by atoms with Crippen LogP contribution in [0.15, 0.2) is 24.3 Å². The number of carboxylic acid groups (broad SMARTS) is 1. The molecule has 0 radical (unpaired) electrons. The maximum Gasteiger partial charge on any atom is 0.329 e. The van der Waals surface area contributed by atoms with E-state index in [0.717, 1.165) is 19.3 Å². The van der Waals surface area contributed by atoms with Crippen molar-refractivity contribution >= 4 is 23.3 Å². The molecule has 1 aromatic rings. The first-order valence-corrected chi connectivity index (χ1v) is 7.85. The summed E-state index contributed by atoms with van der Waals surface area (Å²) in [7, 11) is 1.57. The molecule has 2 N–H and O–H groups in total. The number of carbonyl (C=O) groups excluding carboxylic acids is 1. The van der Waals surface area contributed by atoms with Crippen LogP contribution in [0.1, 0.15) is 32.1 Å². The molecule has 8 heteroatoms. The summed E-state index contributed by atoms with van der Waals surface area (Å²) in [5, 5.41) is 23.2. The highest BCUT2D eigenvalue weighted by Crippen LogP contribution is 2.29. The third-order valence-corrected chi connectivity index (χ3v) is 4.37. The number of hydrogen-bond acceptors (Lipinski definition) is 5. The van der Waals surface area contributed by atoms with Crippen LogP contribution in [0.3, 0.4) is 0 Å². The van der Waals surface area contributed by atoms with Crippen LogP contribution < -0.4 is 10.2 Å². The molecule has 1 saturated carbocycles. The summed E-state index contributed by atoms with van der Waals surface area (Å²) >= 11 is 0. The van der Waals surface area contributed by atoms with Gasteiger partial charge in [0, 0.05) is 13.1 Å². The first kappa shape index (κ1) is 17.7. The average molecular weight is 335 g/mol. The maximum atomic E-state index is 12.3. The molecular weight excluding hydrogens is 314 g/mol. The molecule has 1 aromatic carbocycles. The smallest absolute Gasteiger partial charge is 0.329 e. The number of carboxylic acids is 1. The normalized spacial score (nSPS) is 16.2. The number of hydrogen-bond donors (Lipinski definition) is 2. The molecule has 2 rings (SSSR count). The highest BCUT2D eigenvalue weighted by Gasteiger charge is 2.41. The number of likely N-dealkylation sites (N-methyl/N-ethyl adjacent to an activating group) is 1. The van der Waals surface area contributed by atoms with Crippen LogP contribution in [-0.4, -0.2) is 41.0 Å². The van der Waals surface area contributed by atoms with Gasteiger partial charge < -0.3 is 15.3 Å². The quantitative estimate of drug-likeness (QED) is 0.607. The SMILES string of the molecule is CN(CC(=O)NC1(C(=O)O)CCCCC1)c1ccccc1[N+](=O)[O-]. The van der Waals surface area contributed by atoms with Crippen LogP contribution in [0, 0.1) is 10.1 Å². The van der Waals surface area contributed by atoms with Crippen molar-refractivity contribution in [3.8, 4) is 0 Å². The van der Waals surface area contributed by atoms with Crippen LogP contribution in [-0.2, 0) is 9.59 Å². The molecule has 1 aliphatic carbocycles. The number of nitro benzene ring substituents is 1. The summed E-state index contributed by atoms with van der Waals surface area (Å²) in [4.78, 5) is 35.9. The lowest BCUT2D eigenvalue weighted by Crippen LogP contribution is -2.57. The summed E-state index contributed by atoms with van der Waals surface area (Å²) in [6.07, 6.45) is 3.28. The van der Waals surface area contributed by atoms with Crippen LogP contribution in [0.4, 0.5) is 11.4 Å². The fourth-order valence-corrected chi connectivity index (χ4v) is 3.10. The fraction of sp³-hybridized carbons (Fsp3) is 0.500. The summed E-state index contributed by atoms with van der Waals surface area (Å²) in [6.45, 7) is -0.153. The molecule has 0 heterocycles. The molecule has 0 saturated heterocycles. The zero-order valence-electron chi connectivity index (χ0n) is 13.5. The lowest BCUT2D eigenvalue weighted by atomic mass is 9.81. The molecule has 24 heavy (non-hydrogen) atoms. The molecular formula is C16H21N3O5. The van der Waals surface area contributed by atoms with Crippen molar-refractivity contribution in [3.63, 3.8) is 0 Å². The van der Waals surface area contributed by atoms with Gasteiger partial charge in [-0.3, -0.25) is 14.9 Å². The van der Waals surface area contributed by atoms with Crippen molar-refractivity contribution in [1.29, 1.82) is 0 Å². The minimum absolute atomic E-state index is 0.0987. The van der Waals surface area contributed by atoms with Crippen molar-refractivity contribution in [2.45, 2.75) is 37.6 Å². The zero-order valence-corrected chi connectivity index (χ0v) is 13.5. The topological polar surface area (TPSA) is 113 Å². The third kappa shape index (κ3) is 3.81. The minimum atomic E-state index is -1.22. The molecule has 0 unspecified atom stereocenters. The van der Waals surface area contributed by atoms with Gasteiger partial charge in [0.2, 0.25) is 5.91 Å². The molecule has 0 aliphatic heterocycles. The number of nitrogens with zero attached hydrogens (tertiary/aromatic N) is 2. The molecule has 1 aliphatic rings. The van der Waals surface area contributed by atoms with Crippen molar-refractivity contribution < 1.29 is 19.6 Å². The summed E-state index contributed by atoms with van der Waals surface area (Å²) < 4.78 is 0. The van der Waals surface area contributed by atoms with Crippen LogP contribution in [0.5, 0.6) is 0 Å². The Hall–Kier alpha value is -2.64. The van der Waals surface area contributed by atoms with Gasteiger partial charge in [0.25, 0.3) is 5.69 Å². The summed E-state index contributed by atoms with van der Waals surface area (Å²) in [5.41, 5.74) is -1.01. The Balaban J connectivity index is 2.09. The van der Waals surface area contributed by atoms with E-state index in [1.54, 1.807) is 25.2 Å². The van der Waals surface area contributed by atoms with Gasteiger partial charge in [-0.1, -0.05) is 31.4 Å². The first-order valence-electron chi connectivity index (χ1n) is 7.85. The lowest BCUT2D eigenvalue weighted by molar-refractivity contribution is -0.384. The number of anilines is 1. The fourth-order valence-electron chi connectivity index (χ4n) is 3.10. The van der Waals surface area contributed by atoms with Gasteiger partial charge in [-0.15, -0.1) is 0 Å². The Morgan fingerprint density at radius 3 is 2.50 bits per heavy atom. The van der Waals surface area contributed by atoms with Crippen molar-refractivity contribution in [2.24, 2.45) is 0 Å². The minimum Gasteiger partial charge on any atom is -0.480 e. The molecule has 130 valence electrons. The molecule has 1 amide bonds.